The maximum Gasteiger partial charge on any atom is 0.243 e. The standard InChI is InChI=1S/C24H34N2O5S/c1-30-21-4-3-20(12-22(21)31-2)32(28,29)26-7-5-19(6-8-26)23(27)25-24-13-16-9-17(14-24)11-18(10-16)15-24/h3-4,12,16-19H,5-11,13-15H2,1-2H3,(H,25,27). The van der Waals surface area contributed by atoms with Gasteiger partial charge in [-0.15, -0.1) is 0 Å². The van der Waals surface area contributed by atoms with Crippen LogP contribution < -0.4 is 14.8 Å². The number of rotatable bonds is 6. The number of amides is 1. The Bertz CT molecular complexity index is 949. The number of hydrogen-bond donors (Lipinski definition) is 1. The molecule has 32 heavy (non-hydrogen) atoms. The molecule has 7 nitrogen and oxygen atoms in total. The molecule has 0 atom stereocenters. The maximum atomic E-state index is 13.2. The summed E-state index contributed by atoms with van der Waals surface area (Å²) in [5, 5.41) is 3.47. The first-order valence-electron chi connectivity index (χ1n) is 11.9. The highest BCUT2D eigenvalue weighted by Gasteiger charge is 2.52. The van der Waals surface area contributed by atoms with E-state index in [0.717, 1.165) is 37.0 Å². The van der Waals surface area contributed by atoms with E-state index in [1.807, 2.05) is 0 Å². The molecule has 1 aromatic rings. The molecule has 0 radical (unpaired) electrons. The van der Waals surface area contributed by atoms with Crippen LogP contribution in [0.1, 0.15) is 51.4 Å². The molecule has 0 aromatic heterocycles. The van der Waals surface area contributed by atoms with E-state index < -0.39 is 10.0 Å². The highest BCUT2D eigenvalue weighted by Crippen LogP contribution is 2.55. The highest BCUT2D eigenvalue weighted by atomic mass is 32.2. The van der Waals surface area contributed by atoms with Gasteiger partial charge in [-0.25, -0.2) is 8.42 Å². The first kappa shape index (κ1) is 22.0. The topological polar surface area (TPSA) is 84.9 Å². The number of carbonyl (C=O) groups excluding carboxylic acids is 1. The molecule has 4 aliphatic carbocycles. The second-order valence-electron chi connectivity index (χ2n) is 10.4. The van der Waals surface area contributed by atoms with E-state index in [1.165, 1.54) is 43.9 Å². The number of sulfonamides is 1. The van der Waals surface area contributed by atoms with Gasteiger partial charge in [0.1, 0.15) is 0 Å². The second-order valence-corrected chi connectivity index (χ2v) is 12.3. The lowest BCUT2D eigenvalue weighted by molar-refractivity contribution is -0.132. The van der Waals surface area contributed by atoms with Crippen molar-refractivity contribution < 1.29 is 22.7 Å². The average Bonchev–Trinajstić information content (AvgIpc) is 2.77. The van der Waals surface area contributed by atoms with Gasteiger partial charge in [-0.1, -0.05) is 0 Å². The predicted octanol–water partition coefficient (Wildman–Crippen LogP) is 3.19. The summed E-state index contributed by atoms with van der Waals surface area (Å²) in [5.41, 5.74) is 0.00862. The molecule has 5 aliphatic rings. The highest BCUT2D eigenvalue weighted by molar-refractivity contribution is 7.89. The summed E-state index contributed by atoms with van der Waals surface area (Å²) >= 11 is 0. The Morgan fingerprint density at radius 3 is 2.06 bits per heavy atom. The van der Waals surface area contributed by atoms with E-state index in [1.54, 1.807) is 12.1 Å². The number of carbonyl (C=O) groups is 1. The van der Waals surface area contributed by atoms with E-state index in [-0.39, 0.29) is 22.3 Å². The number of nitrogens with zero attached hydrogens (tertiary/aromatic N) is 1. The Morgan fingerprint density at radius 1 is 0.969 bits per heavy atom. The lowest BCUT2D eigenvalue weighted by atomic mass is 9.53. The van der Waals surface area contributed by atoms with Crippen molar-refractivity contribution >= 4 is 15.9 Å². The fourth-order valence-electron chi connectivity index (χ4n) is 7.11. The van der Waals surface area contributed by atoms with Crippen molar-refractivity contribution in [1.82, 2.24) is 9.62 Å². The monoisotopic (exact) mass is 462 g/mol. The molecule has 5 fully saturated rings. The van der Waals surface area contributed by atoms with Crippen LogP contribution in [0, 0.1) is 23.7 Å². The van der Waals surface area contributed by atoms with Crippen molar-refractivity contribution in [1.29, 1.82) is 0 Å². The molecule has 0 unspecified atom stereocenters. The summed E-state index contributed by atoms with van der Waals surface area (Å²) < 4.78 is 38.3. The average molecular weight is 463 g/mol. The molecular weight excluding hydrogens is 428 g/mol. The largest absolute Gasteiger partial charge is 0.493 e. The normalized spacial score (nSPS) is 32.6. The van der Waals surface area contributed by atoms with Crippen LogP contribution in [-0.4, -0.2) is 51.5 Å². The Kier molecular flexibility index (Phi) is 5.64. The Balaban J connectivity index is 1.22. The Morgan fingerprint density at radius 2 is 1.53 bits per heavy atom. The zero-order chi connectivity index (χ0) is 22.5. The lowest BCUT2D eigenvalue weighted by Crippen LogP contribution is -2.61. The van der Waals surface area contributed by atoms with Crippen LogP contribution in [0.25, 0.3) is 0 Å². The molecule has 176 valence electrons. The molecule has 4 saturated carbocycles. The molecule has 1 amide bonds. The van der Waals surface area contributed by atoms with Crippen molar-refractivity contribution in [3.63, 3.8) is 0 Å². The zero-order valence-corrected chi connectivity index (χ0v) is 19.8. The van der Waals surface area contributed by atoms with Crippen LogP contribution in [0.4, 0.5) is 0 Å². The minimum atomic E-state index is -3.65. The molecule has 4 bridgehead atoms. The lowest BCUT2D eigenvalue weighted by Gasteiger charge is -2.57. The summed E-state index contributed by atoms with van der Waals surface area (Å²) in [5.74, 6) is 3.26. The van der Waals surface area contributed by atoms with E-state index in [9.17, 15) is 13.2 Å². The molecular formula is C24H34N2O5S. The fourth-order valence-corrected chi connectivity index (χ4v) is 8.60. The SMILES string of the molecule is COc1ccc(S(=O)(=O)N2CCC(C(=O)NC34CC5CC(CC(C5)C3)C4)CC2)cc1OC. The summed E-state index contributed by atoms with van der Waals surface area (Å²) in [6.07, 6.45) is 8.58. The van der Waals surface area contributed by atoms with Crippen molar-refractivity contribution in [2.75, 3.05) is 27.3 Å². The molecule has 1 aliphatic heterocycles. The maximum absolute atomic E-state index is 13.2. The second kappa shape index (κ2) is 8.20. The van der Waals surface area contributed by atoms with Gasteiger partial charge in [0.25, 0.3) is 0 Å². The summed E-state index contributed by atoms with van der Waals surface area (Å²) in [6, 6.07) is 4.65. The molecule has 1 heterocycles. The van der Waals surface area contributed by atoms with Gasteiger partial charge in [0.05, 0.1) is 19.1 Å². The van der Waals surface area contributed by atoms with Gasteiger partial charge < -0.3 is 14.8 Å². The summed E-state index contributed by atoms with van der Waals surface area (Å²) in [6.45, 7) is 0.714. The van der Waals surface area contributed by atoms with Crippen LogP contribution in [0.2, 0.25) is 0 Å². The smallest absolute Gasteiger partial charge is 0.243 e. The van der Waals surface area contributed by atoms with Gasteiger partial charge in [-0.05, 0) is 81.3 Å². The molecule has 1 aromatic carbocycles. The van der Waals surface area contributed by atoms with Gasteiger partial charge >= 0.3 is 0 Å². The van der Waals surface area contributed by atoms with Crippen LogP contribution in [0.5, 0.6) is 11.5 Å². The number of methoxy groups -OCH3 is 2. The van der Waals surface area contributed by atoms with Gasteiger partial charge in [0, 0.05) is 30.6 Å². The zero-order valence-electron chi connectivity index (χ0n) is 19.0. The minimum absolute atomic E-state index is 0.00862. The molecule has 1 saturated heterocycles. The Hall–Kier alpha value is -1.80. The number of benzene rings is 1. The van der Waals surface area contributed by atoms with Gasteiger partial charge in [0.15, 0.2) is 11.5 Å². The van der Waals surface area contributed by atoms with Crippen molar-refractivity contribution in [3.8, 4) is 11.5 Å². The Labute approximate surface area is 190 Å². The fraction of sp³-hybridized carbons (Fsp3) is 0.708. The molecule has 8 heteroatoms. The quantitative estimate of drug-likeness (QED) is 0.702. The van der Waals surface area contributed by atoms with Crippen molar-refractivity contribution in [2.24, 2.45) is 23.7 Å². The third-order valence-corrected chi connectivity index (χ3v) is 10.1. The summed E-state index contributed by atoms with van der Waals surface area (Å²) in [4.78, 5) is 13.3. The van der Waals surface area contributed by atoms with Crippen LogP contribution in [0.15, 0.2) is 23.1 Å². The summed E-state index contributed by atoms with van der Waals surface area (Å²) in [7, 11) is -0.639. The number of hydrogen-bond acceptors (Lipinski definition) is 5. The predicted molar refractivity (Wildman–Crippen MR) is 120 cm³/mol. The van der Waals surface area contributed by atoms with E-state index in [2.05, 4.69) is 5.32 Å². The van der Waals surface area contributed by atoms with E-state index in [0.29, 0.717) is 37.4 Å². The first-order valence-corrected chi connectivity index (χ1v) is 13.3. The van der Waals surface area contributed by atoms with Crippen LogP contribution in [0.3, 0.4) is 0 Å². The number of ether oxygens (including phenoxy) is 2. The van der Waals surface area contributed by atoms with Crippen LogP contribution >= 0.6 is 0 Å². The van der Waals surface area contributed by atoms with E-state index >= 15 is 0 Å². The number of piperidine rings is 1. The van der Waals surface area contributed by atoms with E-state index in [4.69, 9.17) is 9.47 Å². The first-order chi connectivity index (χ1) is 15.3. The third-order valence-electron chi connectivity index (χ3n) is 8.24. The molecule has 1 N–H and O–H groups in total. The molecule has 6 rings (SSSR count). The van der Waals surface area contributed by atoms with Crippen molar-refractivity contribution in [2.45, 2.75) is 61.8 Å². The van der Waals surface area contributed by atoms with Crippen LogP contribution in [-0.2, 0) is 14.8 Å². The van der Waals surface area contributed by atoms with Gasteiger partial charge in [0.2, 0.25) is 15.9 Å². The minimum Gasteiger partial charge on any atom is -0.493 e. The third kappa shape index (κ3) is 3.89. The van der Waals surface area contributed by atoms with Gasteiger partial charge in [-0.3, -0.25) is 4.79 Å². The van der Waals surface area contributed by atoms with Crippen molar-refractivity contribution in [3.05, 3.63) is 18.2 Å². The van der Waals surface area contributed by atoms with Gasteiger partial charge in [-0.2, -0.15) is 4.31 Å². The molecule has 0 spiro atoms. The number of nitrogens with one attached hydrogen (secondary N) is 1.